The van der Waals surface area contributed by atoms with Crippen LogP contribution in [0.2, 0.25) is 0 Å². The van der Waals surface area contributed by atoms with Crippen LogP contribution in [-0.2, 0) is 4.79 Å². The maximum absolute atomic E-state index is 12.1. The first-order valence-corrected chi connectivity index (χ1v) is 7.47. The highest BCUT2D eigenvalue weighted by Crippen LogP contribution is 2.07. The number of carboxylic acids is 1. The Bertz CT molecular complexity index is 639. The molecule has 7 heteroatoms. The average molecular weight is 304 g/mol. The summed E-state index contributed by atoms with van der Waals surface area (Å²) in [6.45, 7) is 0.599. The second-order valence-electron chi connectivity index (χ2n) is 5.11. The molecule has 118 valence electrons. The summed E-state index contributed by atoms with van der Waals surface area (Å²) in [7, 11) is 0. The fourth-order valence-corrected chi connectivity index (χ4v) is 2.22. The van der Waals surface area contributed by atoms with E-state index in [0.29, 0.717) is 17.8 Å². The number of unbranched alkanes of at least 4 members (excludes halogenated alkanes) is 4. The summed E-state index contributed by atoms with van der Waals surface area (Å²) in [5.41, 5.74) is 1.02. The lowest BCUT2D eigenvalue weighted by Crippen LogP contribution is -2.24. The molecule has 0 unspecified atom stereocenters. The van der Waals surface area contributed by atoms with E-state index in [4.69, 9.17) is 5.11 Å². The lowest BCUT2D eigenvalue weighted by Gasteiger charge is -2.04. The molecular formula is C15H20N4O3. The summed E-state index contributed by atoms with van der Waals surface area (Å²) in [6, 6.07) is 1.76. The van der Waals surface area contributed by atoms with Crippen molar-refractivity contribution in [1.82, 2.24) is 19.9 Å². The summed E-state index contributed by atoms with van der Waals surface area (Å²) in [6.07, 6.45) is 9.61. The Morgan fingerprint density at radius 2 is 1.95 bits per heavy atom. The minimum absolute atomic E-state index is 0.167. The van der Waals surface area contributed by atoms with Gasteiger partial charge < -0.3 is 10.4 Å². The molecule has 0 bridgehead atoms. The summed E-state index contributed by atoms with van der Waals surface area (Å²) >= 11 is 0. The van der Waals surface area contributed by atoms with Crippen molar-refractivity contribution in [3.63, 3.8) is 0 Å². The molecule has 22 heavy (non-hydrogen) atoms. The summed E-state index contributed by atoms with van der Waals surface area (Å²) < 4.78 is 1.57. The number of nitrogens with one attached hydrogen (secondary N) is 1. The van der Waals surface area contributed by atoms with Crippen LogP contribution in [0.15, 0.2) is 24.7 Å². The van der Waals surface area contributed by atoms with E-state index in [0.717, 1.165) is 32.1 Å². The number of aliphatic carboxylic acids is 1. The Hall–Kier alpha value is -2.44. The highest BCUT2D eigenvalue weighted by molar-refractivity contribution is 5.99. The number of carbonyl (C=O) groups is 2. The van der Waals surface area contributed by atoms with Gasteiger partial charge >= 0.3 is 5.97 Å². The molecule has 0 aliphatic carbocycles. The maximum Gasteiger partial charge on any atom is 0.303 e. The minimum atomic E-state index is -0.741. The molecule has 0 aliphatic rings. The Morgan fingerprint density at radius 3 is 2.77 bits per heavy atom. The van der Waals surface area contributed by atoms with Crippen LogP contribution in [-0.4, -0.2) is 38.1 Å². The Morgan fingerprint density at radius 1 is 1.18 bits per heavy atom. The highest BCUT2D eigenvalue weighted by Gasteiger charge is 2.12. The number of amides is 1. The van der Waals surface area contributed by atoms with Gasteiger partial charge in [0.05, 0.1) is 6.20 Å². The van der Waals surface area contributed by atoms with Gasteiger partial charge in [0.25, 0.3) is 5.91 Å². The fourth-order valence-electron chi connectivity index (χ4n) is 2.22. The Balaban J connectivity index is 1.65. The number of aromatic nitrogens is 3. The zero-order chi connectivity index (χ0) is 15.8. The van der Waals surface area contributed by atoms with Crippen LogP contribution in [0.25, 0.3) is 5.65 Å². The van der Waals surface area contributed by atoms with E-state index >= 15 is 0 Å². The molecule has 0 atom stereocenters. The number of fused-ring (bicyclic) bond motifs is 1. The summed E-state index contributed by atoms with van der Waals surface area (Å²) in [5.74, 6) is -0.908. The molecule has 0 fully saturated rings. The van der Waals surface area contributed by atoms with Crippen LogP contribution in [0.4, 0.5) is 0 Å². The predicted molar refractivity (Wildman–Crippen MR) is 80.7 cm³/mol. The van der Waals surface area contributed by atoms with E-state index in [-0.39, 0.29) is 12.3 Å². The molecule has 0 saturated heterocycles. The van der Waals surface area contributed by atoms with Gasteiger partial charge in [0.1, 0.15) is 5.56 Å². The van der Waals surface area contributed by atoms with Gasteiger partial charge in [-0.05, 0) is 18.9 Å². The van der Waals surface area contributed by atoms with Crippen molar-refractivity contribution in [1.29, 1.82) is 0 Å². The van der Waals surface area contributed by atoms with Crippen LogP contribution in [0.5, 0.6) is 0 Å². The largest absolute Gasteiger partial charge is 0.481 e. The quantitative estimate of drug-likeness (QED) is 0.689. The first-order valence-electron chi connectivity index (χ1n) is 7.47. The molecular weight excluding hydrogens is 284 g/mol. The summed E-state index contributed by atoms with van der Waals surface area (Å²) in [5, 5.41) is 15.5. The van der Waals surface area contributed by atoms with Crippen molar-refractivity contribution in [2.45, 2.75) is 38.5 Å². The van der Waals surface area contributed by atoms with E-state index in [1.807, 2.05) is 0 Å². The van der Waals surface area contributed by atoms with Gasteiger partial charge in [-0.25, -0.2) is 9.50 Å². The van der Waals surface area contributed by atoms with Crippen molar-refractivity contribution in [3.8, 4) is 0 Å². The number of hydrogen-bond acceptors (Lipinski definition) is 4. The van der Waals surface area contributed by atoms with Gasteiger partial charge in [-0.15, -0.1) is 0 Å². The Kier molecular flexibility index (Phi) is 5.88. The second-order valence-corrected chi connectivity index (χ2v) is 5.11. The summed E-state index contributed by atoms with van der Waals surface area (Å²) in [4.78, 5) is 26.6. The molecule has 0 aromatic carbocycles. The molecule has 2 aromatic heterocycles. The van der Waals surface area contributed by atoms with E-state index in [2.05, 4.69) is 15.4 Å². The zero-order valence-electron chi connectivity index (χ0n) is 12.4. The topological polar surface area (TPSA) is 96.6 Å². The smallest absolute Gasteiger partial charge is 0.303 e. The SMILES string of the molecule is O=C(O)CCCCCCCNC(=O)c1cnn2cccnc12. The van der Waals surface area contributed by atoms with Crippen molar-refractivity contribution in [2.24, 2.45) is 0 Å². The molecule has 2 heterocycles. The third-order valence-electron chi connectivity index (χ3n) is 3.38. The molecule has 1 amide bonds. The van der Waals surface area contributed by atoms with E-state index < -0.39 is 5.97 Å². The molecule has 0 aliphatic heterocycles. The number of rotatable bonds is 9. The molecule has 0 radical (unpaired) electrons. The maximum atomic E-state index is 12.1. The molecule has 7 nitrogen and oxygen atoms in total. The highest BCUT2D eigenvalue weighted by atomic mass is 16.4. The van der Waals surface area contributed by atoms with Crippen LogP contribution >= 0.6 is 0 Å². The van der Waals surface area contributed by atoms with E-state index in [1.54, 1.807) is 23.0 Å². The first-order chi connectivity index (χ1) is 10.7. The van der Waals surface area contributed by atoms with Crippen molar-refractivity contribution in [3.05, 3.63) is 30.2 Å². The number of carboxylic acid groups (broad SMARTS) is 1. The fraction of sp³-hybridized carbons (Fsp3) is 0.467. The third kappa shape index (κ3) is 4.54. The van der Waals surface area contributed by atoms with Gasteiger partial charge in [0, 0.05) is 25.4 Å². The number of carbonyl (C=O) groups excluding carboxylic acids is 1. The molecule has 0 saturated carbocycles. The molecule has 2 aromatic rings. The third-order valence-corrected chi connectivity index (χ3v) is 3.38. The normalized spacial score (nSPS) is 10.7. The van der Waals surface area contributed by atoms with Crippen LogP contribution in [0.1, 0.15) is 48.9 Å². The van der Waals surface area contributed by atoms with Gasteiger partial charge in [-0.2, -0.15) is 5.10 Å². The standard InChI is InChI=1S/C15H20N4O3/c20-13(21)7-4-2-1-3-5-8-17-15(22)12-11-18-19-10-6-9-16-14(12)19/h6,9-11H,1-5,7-8H2,(H,17,22)(H,20,21). The number of hydrogen-bond donors (Lipinski definition) is 2. The van der Waals surface area contributed by atoms with E-state index in [1.165, 1.54) is 6.20 Å². The lowest BCUT2D eigenvalue weighted by atomic mass is 10.1. The monoisotopic (exact) mass is 304 g/mol. The zero-order valence-corrected chi connectivity index (χ0v) is 12.4. The average Bonchev–Trinajstić information content (AvgIpc) is 2.93. The van der Waals surface area contributed by atoms with Gasteiger partial charge in [-0.3, -0.25) is 9.59 Å². The molecule has 2 rings (SSSR count). The van der Waals surface area contributed by atoms with E-state index in [9.17, 15) is 9.59 Å². The molecule has 0 spiro atoms. The minimum Gasteiger partial charge on any atom is -0.481 e. The Labute approximate surface area is 128 Å². The van der Waals surface area contributed by atoms with Crippen LogP contribution in [0.3, 0.4) is 0 Å². The van der Waals surface area contributed by atoms with Crippen molar-refractivity contribution < 1.29 is 14.7 Å². The van der Waals surface area contributed by atoms with Crippen molar-refractivity contribution in [2.75, 3.05) is 6.54 Å². The number of nitrogens with zero attached hydrogens (tertiary/aromatic N) is 3. The van der Waals surface area contributed by atoms with Crippen LogP contribution < -0.4 is 5.32 Å². The van der Waals surface area contributed by atoms with Gasteiger partial charge in [-0.1, -0.05) is 19.3 Å². The first kappa shape index (κ1) is 15.9. The van der Waals surface area contributed by atoms with Gasteiger partial charge in [0.15, 0.2) is 5.65 Å². The lowest BCUT2D eigenvalue weighted by molar-refractivity contribution is -0.137. The second kappa shape index (κ2) is 8.11. The predicted octanol–water partition coefficient (Wildman–Crippen LogP) is 1.88. The van der Waals surface area contributed by atoms with Gasteiger partial charge in [0.2, 0.25) is 0 Å². The molecule has 2 N–H and O–H groups in total. The van der Waals surface area contributed by atoms with Crippen LogP contribution in [0, 0.1) is 0 Å². The van der Waals surface area contributed by atoms with Crippen molar-refractivity contribution >= 4 is 17.5 Å².